The minimum atomic E-state index is -1.06. The van der Waals surface area contributed by atoms with E-state index in [0.29, 0.717) is 0 Å². The summed E-state index contributed by atoms with van der Waals surface area (Å²) in [6.45, 7) is 4.93. The summed E-state index contributed by atoms with van der Waals surface area (Å²) in [6.07, 6.45) is 4.52. The molecule has 3 rings (SSSR count). The minimum Gasteiger partial charge on any atom is -0.493 e. The van der Waals surface area contributed by atoms with Crippen LogP contribution >= 0.6 is 0 Å². The van der Waals surface area contributed by atoms with E-state index < -0.39 is 35.1 Å². The molecule has 0 spiro atoms. The Hall–Kier alpha value is -4.34. The number of aromatic nitrogens is 3. The molecule has 1 aromatic carbocycles. The lowest BCUT2D eigenvalue weighted by atomic mass is 9.92. The lowest BCUT2D eigenvalue weighted by Crippen LogP contribution is -2.41. The lowest BCUT2D eigenvalue weighted by Gasteiger charge is -2.27. The number of aromatic hydroxyl groups is 1. The molecule has 0 radical (unpaired) electrons. The number of aliphatic carboxylic acids is 1. The second-order valence-corrected chi connectivity index (χ2v) is 8.28. The predicted octanol–water partition coefficient (Wildman–Crippen LogP) is 2.36. The van der Waals surface area contributed by atoms with E-state index in [-0.39, 0.29) is 17.9 Å². The van der Waals surface area contributed by atoms with Gasteiger partial charge in [-0.1, -0.05) is 37.3 Å². The second-order valence-electron chi connectivity index (χ2n) is 8.28. The molecule has 0 saturated heterocycles. The smallest absolute Gasteiger partial charge is 0.308 e. The van der Waals surface area contributed by atoms with Gasteiger partial charge in [0, 0.05) is 25.1 Å². The van der Waals surface area contributed by atoms with Gasteiger partial charge in [-0.3, -0.25) is 19.4 Å². The van der Waals surface area contributed by atoms with Crippen molar-refractivity contribution in [3.63, 3.8) is 0 Å². The number of nitrogens with one attached hydrogen (secondary N) is 2. The highest BCUT2D eigenvalue weighted by Gasteiger charge is 2.26. The van der Waals surface area contributed by atoms with Crippen LogP contribution < -0.4 is 10.6 Å². The van der Waals surface area contributed by atoms with Crippen molar-refractivity contribution < 1.29 is 24.6 Å². The largest absolute Gasteiger partial charge is 0.493 e. The monoisotopic (exact) mass is 463 g/mol. The molecule has 0 bridgehead atoms. The molecule has 1 atom stereocenters. The molecule has 34 heavy (non-hydrogen) atoms. The summed E-state index contributed by atoms with van der Waals surface area (Å²) in [5.74, 6) is -4.29. The van der Waals surface area contributed by atoms with E-state index >= 15 is 0 Å². The maximum Gasteiger partial charge on any atom is 0.308 e. The maximum absolute atomic E-state index is 12.8. The van der Waals surface area contributed by atoms with E-state index in [1.807, 2.05) is 50.2 Å². The Kier molecular flexibility index (Phi) is 7.20. The zero-order valence-electron chi connectivity index (χ0n) is 18.9. The van der Waals surface area contributed by atoms with E-state index in [2.05, 4.69) is 25.6 Å². The van der Waals surface area contributed by atoms with Gasteiger partial charge in [-0.25, -0.2) is 4.98 Å². The van der Waals surface area contributed by atoms with Crippen molar-refractivity contribution in [1.29, 1.82) is 0 Å². The van der Waals surface area contributed by atoms with Gasteiger partial charge in [0.15, 0.2) is 0 Å². The molecule has 10 heteroatoms. The number of hydrogen-bond acceptors (Lipinski definition) is 7. The quantitative estimate of drug-likeness (QED) is 0.397. The van der Waals surface area contributed by atoms with E-state index in [9.17, 15) is 19.5 Å². The normalized spacial score (nSPS) is 12.0. The fourth-order valence-electron chi connectivity index (χ4n) is 3.09. The van der Waals surface area contributed by atoms with E-state index in [1.54, 1.807) is 12.4 Å². The summed E-state index contributed by atoms with van der Waals surface area (Å²) in [5.41, 5.74) is 1.80. The summed E-state index contributed by atoms with van der Waals surface area (Å²) in [7, 11) is 0. The van der Waals surface area contributed by atoms with Crippen LogP contribution in [-0.2, 0) is 10.3 Å². The summed E-state index contributed by atoms with van der Waals surface area (Å²) in [5, 5.41) is 24.3. The highest BCUT2D eigenvalue weighted by Crippen LogP contribution is 2.25. The Bertz CT molecular complexity index is 1200. The van der Waals surface area contributed by atoms with Crippen LogP contribution in [-0.4, -0.2) is 49.5 Å². The first-order valence-electron chi connectivity index (χ1n) is 10.5. The van der Waals surface area contributed by atoms with Gasteiger partial charge in [0.1, 0.15) is 5.56 Å². The summed E-state index contributed by atoms with van der Waals surface area (Å²) in [6, 6.07) is 11.5. The molecule has 1 unspecified atom stereocenters. The molecule has 2 heterocycles. The highest BCUT2D eigenvalue weighted by atomic mass is 16.4. The Morgan fingerprint density at radius 3 is 2.32 bits per heavy atom. The molecule has 0 saturated carbocycles. The highest BCUT2D eigenvalue weighted by molar-refractivity contribution is 5.97. The van der Waals surface area contributed by atoms with Crippen LogP contribution in [0.15, 0.2) is 55.0 Å². The SMILES string of the molecule is CC(CNC(=O)c1ncc(C(=O)NC(C)(C)c2ccc(-c3cccnc3)cc2)c(O)n1)C(=O)O. The number of pyridine rings is 1. The van der Waals surface area contributed by atoms with Gasteiger partial charge in [-0.15, -0.1) is 0 Å². The Morgan fingerprint density at radius 2 is 1.74 bits per heavy atom. The van der Waals surface area contributed by atoms with E-state index in [0.717, 1.165) is 22.9 Å². The average molecular weight is 463 g/mol. The molecule has 3 aromatic rings. The third-order valence-corrected chi connectivity index (χ3v) is 5.23. The van der Waals surface area contributed by atoms with Crippen LogP contribution in [0.1, 0.15) is 47.3 Å². The number of nitrogens with zero attached hydrogens (tertiary/aromatic N) is 3. The number of benzene rings is 1. The fraction of sp³-hybridized carbons (Fsp3) is 0.250. The Labute approximate surface area is 196 Å². The van der Waals surface area contributed by atoms with Gasteiger partial charge in [0.05, 0.1) is 11.5 Å². The van der Waals surface area contributed by atoms with Crippen LogP contribution in [0.25, 0.3) is 11.1 Å². The van der Waals surface area contributed by atoms with Crippen molar-refractivity contribution in [3.05, 3.63) is 71.9 Å². The first-order chi connectivity index (χ1) is 16.1. The van der Waals surface area contributed by atoms with Gasteiger partial charge < -0.3 is 20.8 Å². The molecule has 2 amide bonds. The zero-order valence-corrected chi connectivity index (χ0v) is 18.9. The molecule has 0 aliphatic heterocycles. The van der Waals surface area contributed by atoms with Crippen molar-refractivity contribution in [1.82, 2.24) is 25.6 Å². The molecular formula is C24H25N5O5. The third-order valence-electron chi connectivity index (χ3n) is 5.23. The minimum absolute atomic E-state index is 0.131. The van der Waals surface area contributed by atoms with Crippen molar-refractivity contribution in [3.8, 4) is 17.0 Å². The first-order valence-corrected chi connectivity index (χ1v) is 10.5. The van der Waals surface area contributed by atoms with Crippen molar-refractivity contribution in [2.75, 3.05) is 6.54 Å². The Morgan fingerprint density at radius 1 is 1.03 bits per heavy atom. The molecule has 0 aliphatic rings. The van der Waals surface area contributed by atoms with E-state index in [1.165, 1.54) is 6.92 Å². The average Bonchev–Trinajstić information content (AvgIpc) is 2.82. The number of carboxylic acids is 1. The summed E-state index contributed by atoms with van der Waals surface area (Å²) >= 11 is 0. The number of carbonyl (C=O) groups excluding carboxylic acids is 2. The molecule has 0 fully saturated rings. The lowest BCUT2D eigenvalue weighted by molar-refractivity contribution is -0.140. The molecule has 10 nitrogen and oxygen atoms in total. The van der Waals surface area contributed by atoms with Gasteiger partial charge in [0.25, 0.3) is 11.8 Å². The van der Waals surface area contributed by atoms with Crippen LogP contribution in [0, 0.1) is 5.92 Å². The van der Waals surface area contributed by atoms with Crippen molar-refractivity contribution >= 4 is 17.8 Å². The topological polar surface area (TPSA) is 154 Å². The fourth-order valence-corrected chi connectivity index (χ4v) is 3.09. The number of carbonyl (C=O) groups is 3. The van der Waals surface area contributed by atoms with Gasteiger partial charge in [-0.05, 0) is 36.6 Å². The maximum atomic E-state index is 12.8. The standard InChI is InChI=1S/C24H25N5O5/c1-14(23(33)34)11-27-22(32)19-26-13-18(20(30)28-19)21(31)29-24(2,3)17-8-6-15(7-9-17)16-5-4-10-25-12-16/h4-10,12-14H,11H2,1-3H3,(H,27,32)(H,29,31)(H,33,34)(H,26,28,30). The van der Waals surface area contributed by atoms with Gasteiger partial charge in [0.2, 0.25) is 11.7 Å². The number of hydrogen-bond donors (Lipinski definition) is 4. The summed E-state index contributed by atoms with van der Waals surface area (Å²) < 4.78 is 0. The predicted molar refractivity (Wildman–Crippen MR) is 123 cm³/mol. The van der Waals surface area contributed by atoms with Gasteiger partial charge in [-0.2, -0.15) is 4.98 Å². The third kappa shape index (κ3) is 5.71. The molecule has 0 aliphatic carbocycles. The number of amides is 2. The molecule has 176 valence electrons. The number of carboxylic acid groups (broad SMARTS) is 1. The zero-order chi connectivity index (χ0) is 24.9. The first kappa shape index (κ1) is 24.3. The summed E-state index contributed by atoms with van der Waals surface area (Å²) in [4.78, 5) is 47.4. The number of rotatable bonds is 8. The molecular weight excluding hydrogens is 438 g/mol. The van der Waals surface area contributed by atoms with Crippen molar-refractivity contribution in [2.45, 2.75) is 26.3 Å². The van der Waals surface area contributed by atoms with Crippen LogP contribution in [0.3, 0.4) is 0 Å². The van der Waals surface area contributed by atoms with Crippen LogP contribution in [0.4, 0.5) is 0 Å². The van der Waals surface area contributed by atoms with Crippen LogP contribution in [0.5, 0.6) is 5.88 Å². The second kappa shape index (κ2) is 10.1. The van der Waals surface area contributed by atoms with Crippen molar-refractivity contribution in [2.24, 2.45) is 5.92 Å². The Balaban J connectivity index is 1.69. The van der Waals surface area contributed by atoms with E-state index in [4.69, 9.17) is 5.11 Å². The van der Waals surface area contributed by atoms with Crippen LogP contribution in [0.2, 0.25) is 0 Å². The molecule has 4 N–H and O–H groups in total. The van der Waals surface area contributed by atoms with Gasteiger partial charge >= 0.3 is 5.97 Å². The molecule has 2 aromatic heterocycles.